The van der Waals surface area contributed by atoms with Gasteiger partial charge in [-0.1, -0.05) is 0 Å². The van der Waals surface area contributed by atoms with E-state index in [1.807, 2.05) is 0 Å². The minimum Gasteiger partial charge on any atom is -0.384 e. The third kappa shape index (κ3) is 3.82. The molecular formula is C9H13N5O2. The molecule has 0 fully saturated rings. The van der Waals surface area contributed by atoms with Crippen LogP contribution in [0, 0.1) is 0 Å². The fourth-order valence-corrected chi connectivity index (χ4v) is 1.00. The summed E-state index contributed by atoms with van der Waals surface area (Å²) < 4.78 is 0. The fraction of sp³-hybridized carbons (Fsp3) is 0.222. The molecule has 86 valence electrons. The Morgan fingerprint density at radius 2 is 1.94 bits per heavy atom. The Bertz CT molecular complexity index is 376. The van der Waals surface area contributed by atoms with Crippen LogP contribution >= 0.6 is 0 Å². The van der Waals surface area contributed by atoms with Gasteiger partial charge in [0.25, 0.3) is 5.91 Å². The zero-order valence-electron chi connectivity index (χ0n) is 8.56. The van der Waals surface area contributed by atoms with Crippen LogP contribution in [0.1, 0.15) is 10.4 Å². The van der Waals surface area contributed by atoms with Crippen molar-refractivity contribution in [3.8, 4) is 0 Å². The SMILES string of the molecule is NC(=O)NCCNC(=O)c1ccc(N)nc1. The van der Waals surface area contributed by atoms with Gasteiger partial charge in [-0.05, 0) is 12.1 Å². The summed E-state index contributed by atoms with van der Waals surface area (Å²) in [4.78, 5) is 25.6. The van der Waals surface area contributed by atoms with Crippen LogP contribution in [0.4, 0.5) is 10.6 Å². The van der Waals surface area contributed by atoms with Crippen LogP contribution < -0.4 is 22.1 Å². The molecule has 0 spiro atoms. The second kappa shape index (κ2) is 5.54. The zero-order valence-corrected chi connectivity index (χ0v) is 8.56. The molecule has 1 aromatic heterocycles. The van der Waals surface area contributed by atoms with Gasteiger partial charge in [0, 0.05) is 19.3 Å². The van der Waals surface area contributed by atoms with Gasteiger partial charge in [0.05, 0.1) is 5.56 Å². The van der Waals surface area contributed by atoms with Crippen molar-refractivity contribution in [1.82, 2.24) is 15.6 Å². The van der Waals surface area contributed by atoms with E-state index in [1.54, 1.807) is 6.07 Å². The highest BCUT2D eigenvalue weighted by molar-refractivity contribution is 5.94. The highest BCUT2D eigenvalue weighted by atomic mass is 16.2. The third-order valence-corrected chi connectivity index (χ3v) is 1.76. The van der Waals surface area contributed by atoms with Crippen molar-refractivity contribution in [2.75, 3.05) is 18.8 Å². The van der Waals surface area contributed by atoms with Gasteiger partial charge in [-0.3, -0.25) is 4.79 Å². The Kier molecular flexibility index (Phi) is 4.07. The van der Waals surface area contributed by atoms with E-state index in [2.05, 4.69) is 15.6 Å². The number of rotatable bonds is 4. The molecule has 0 saturated heterocycles. The quantitative estimate of drug-likeness (QED) is 0.492. The molecule has 1 heterocycles. The molecule has 0 aliphatic rings. The Balaban J connectivity index is 2.35. The summed E-state index contributed by atoms with van der Waals surface area (Å²) in [5.74, 6) is 0.0747. The number of hydrogen-bond acceptors (Lipinski definition) is 4. The molecule has 0 unspecified atom stereocenters. The lowest BCUT2D eigenvalue weighted by Gasteiger charge is -2.05. The topological polar surface area (TPSA) is 123 Å². The molecule has 1 rings (SSSR count). The van der Waals surface area contributed by atoms with Gasteiger partial charge in [-0.25, -0.2) is 9.78 Å². The first-order valence-electron chi connectivity index (χ1n) is 4.62. The molecule has 6 N–H and O–H groups in total. The van der Waals surface area contributed by atoms with Crippen molar-refractivity contribution in [1.29, 1.82) is 0 Å². The van der Waals surface area contributed by atoms with E-state index in [1.165, 1.54) is 12.3 Å². The maximum atomic E-state index is 11.5. The summed E-state index contributed by atoms with van der Waals surface area (Å²) >= 11 is 0. The monoisotopic (exact) mass is 223 g/mol. The van der Waals surface area contributed by atoms with Crippen molar-refractivity contribution in [3.05, 3.63) is 23.9 Å². The van der Waals surface area contributed by atoms with Gasteiger partial charge in [0.2, 0.25) is 0 Å². The number of amides is 3. The minimum absolute atomic E-state index is 0.279. The number of carbonyl (C=O) groups is 2. The molecule has 1 aromatic rings. The van der Waals surface area contributed by atoms with Gasteiger partial charge < -0.3 is 22.1 Å². The van der Waals surface area contributed by atoms with E-state index in [0.29, 0.717) is 17.9 Å². The summed E-state index contributed by atoms with van der Waals surface area (Å²) in [6.07, 6.45) is 1.38. The lowest BCUT2D eigenvalue weighted by Crippen LogP contribution is -2.37. The summed E-state index contributed by atoms with van der Waals surface area (Å²) in [5, 5.41) is 4.93. The van der Waals surface area contributed by atoms with Crippen LogP contribution in [0.2, 0.25) is 0 Å². The number of urea groups is 1. The Labute approximate surface area is 92.2 Å². The van der Waals surface area contributed by atoms with E-state index in [0.717, 1.165) is 0 Å². The molecule has 3 amide bonds. The predicted molar refractivity (Wildman–Crippen MR) is 58.6 cm³/mol. The molecule has 7 nitrogen and oxygen atoms in total. The van der Waals surface area contributed by atoms with Crippen LogP contribution in [0.25, 0.3) is 0 Å². The number of anilines is 1. The molecule has 0 aromatic carbocycles. The molecule has 0 aliphatic carbocycles. The first-order valence-corrected chi connectivity index (χ1v) is 4.62. The maximum Gasteiger partial charge on any atom is 0.312 e. The van der Waals surface area contributed by atoms with E-state index < -0.39 is 6.03 Å². The largest absolute Gasteiger partial charge is 0.384 e. The normalized spacial score (nSPS) is 9.50. The van der Waals surface area contributed by atoms with Gasteiger partial charge in [-0.15, -0.1) is 0 Å². The van der Waals surface area contributed by atoms with Crippen molar-refractivity contribution >= 4 is 17.8 Å². The van der Waals surface area contributed by atoms with Crippen LogP contribution in [-0.4, -0.2) is 30.0 Å². The first-order chi connectivity index (χ1) is 7.59. The molecule has 16 heavy (non-hydrogen) atoms. The van der Waals surface area contributed by atoms with Gasteiger partial charge in [0.15, 0.2) is 0 Å². The summed E-state index contributed by atoms with van der Waals surface area (Å²) in [5.41, 5.74) is 10.6. The Hall–Kier alpha value is -2.31. The van der Waals surface area contributed by atoms with Crippen molar-refractivity contribution in [2.45, 2.75) is 0 Å². The molecule has 0 aliphatic heterocycles. The summed E-state index contributed by atoms with van der Waals surface area (Å²) in [6, 6.07) is 2.49. The van der Waals surface area contributed by atoms with Crippen molar-refractivity contribution < 1.29 is 9.59 Å². The highest BCUT2D eigenvalue weighted by Gasteiger charge is 2.04. The predicted octanol–water partition coefficient (Wildman–Crippen LogP) is -0.938. The molecule has 7 heteroatoms. The van der Waals surface area contributed by atoms with E-state index in [-0.39, 0.29) is 12.5 Å². The van der Waals surface area contributed by atoms with E-state index in [4.69, 9.17) is 11.5 Å². The number of aromatic nitrogens is 1. The number of carbonyl (C=O) groups excluding carboxylic acids is 2. The second-order valence-electron chi connectivity index (χ2n) is 3.02. The minimum atomic E-state index is -0.622. The van der Waals surface area contributed by atoms with Crippen molar-refractivity contribution in [3.63, 3.8) is 0 Å². The number of pyridine rings is 1. The lowest BCUT2D eigenvalue weighted by atomic mass is 10.2. The molecule has 0 bridgehead atoms. The van der Waals surface area contributed by atoms with Gasteiger partial charge in [-0.2, -0.15) is 0 Å². The third-order valence-electron chi connectivity index (χ3n) is 1.76. The van der Waals surface area contributed by atoms with Crippen molar-refractivity contribution in [2.24, 2.45) is 5.73 Å². The smallest absolute Gasteiger partial charge is 0.312 e. The molecule has 0 saturated carbocycles. The number of primary amides is 1. The van der Waals surface area contributed by atoms with Crippen LogP contribution in [0.15, 0.2) is 18.3 Å². The highest BCUT2D eigenvalue weighted by Crippen LogP contribution is 2.00. The zero-order chi connectivity index (χ0) is 12.0. The van der Waals surface area contributed by atoms with E-state index in [9.17, 15) is 9.59 Å². The number of nitrogen functional groups attached to an aromatic ring is 1. The first kappa shape index (κ1) is 11.8. The fourth-order valence-electron chi connectivity index (χ4n) is 1.00. The number of nitrogens with two attached hydrogens (primary N) is 2. The second-order valence-corrected chi connectivity index (χ2v) is 3.02. The van der Waals surface area contributed by atoms with Crippen LogP contribution in [-0.2, 0) is 0 Å². The standard InChI is InChI=1S/C9H13N5O2/c10-7-2-1-6(5-14-7)8(15)12-3-4-13-9(11)16/h1-2,5H,3-4H2,(H2,10,14)(H,12,15)(H3,11,13,16). The summed E-state index contributed by atoms with van der Waals surface area (Å²) in [7, 11) is 0. The van der Waals surface area contributed by atoms with Crippen LogP contribution in [0.3, 0.4) is 0 Å². The Morgan fingerprint density at radius 3 is 2.50 bits per heavy atom. The molecule has 0 atom stereocenters. The van der Waals surface area contributed by atoms with Crippen LogP contribution in [0.5, 0.6) is 0 Å². The lowest BCUT2D eigenvalue weighted by molar-refractivity contribution is 0.0953. The molecular weight excluding hydrogens is 210 g/mol. The number of nitrogens with zero attached hydrogens (tertiary/aromatic N) is 1. The number of hydrogen-bond donors (Lipinski definition) is 4. The average Bonchev–Trinajstić information content (AvgIpc) is 2.25. The maximum absolute atomic E-state index is 11.5. The number of nitrogens with one attached hydrogen (secondary N) is 2. The van der Waals surface area contributed by atoms with Gasteiger partial charge >= 0.3 is 6.03 Å². The van der Waals surface area contributed by atoms with E-state index >= 15 is 0 Å². The Morgan fingerprint density at radius 1 is 1.25 bits per heavy atom. The van der Waals surface area contributed by atoms with Gasteiger partial charge in [0.1, 0.15) is 5.82 Å². The summed E-state index contributed by atoms with van der Waals surface area (Å²) in [6.45, 7) is 0.579. The molecule has 0 radical (unpaired) electrons. The average molecular weight is 223 g/mol.